The molecule has 2 aromatic rings. The lowest BCUT2D eigenvalue weighted by molar-refractivity contribution is 0.187. The summed E-state index contributed by atoms with van der Waals surface area (Å²) in [6.45, 7) is 2.51. The van der Waals surface area contributed by atoms with Gasteiger partial charge < -0.3 is 4.90 Å². The number of piperidine rings is 1. The van der Waals surface area contributed by atoms with E-state index in [0.29, 0.717) is 5.92 Å². The Kier molecular flexibility index (Phi) is 5.59. The highest BCUT2D eigenvalue weighted by atomic mass is 35.5. The van der Waals surface area contributed by atoms with Crippen LogP contribution in [0.4, 0.5) is 10.5 Å². The van der Waals surface area contributed by atoms with E-state index < -0.39 is 0 Å². The number of carbonyl (C=O) groups is 1. The third-order valence-corrected chi connectivity index (χ3v) is 5.28. The van der Waals surface area contributed by atoms with Crippen LogP contribution in [-0.4, -0.2) is 35.5 Å². The number of anilines is 1. The van der Waals surface area contributed by atoms with Gasteiger partial charge in [-0.3, -0.25) is 9.88 Å². The van der Waals surface area contributed by atoms with Gasteiger partial charge in [0.2, 0.25) is 0 Å². The number of benzene rings is 1. The molecule has 0 spiro atoms. The second-order valence-corrected chi connectivity index (χ2v) is 6.71. The molecule has 2 aliphatic rings. The number of rotatable bonds is 1. The summed E-state index contributed by atoms with van der Waals surface area (Å²) >= 11 is 0. The maximum atomic E-state index is 13.0. The molecule has 0 unspecified atom stereocenters. The second-order valence-electron chi connectivity index (χ2n) is 6.71. The predicted molar refractivity (Wildman–Crippen MR) is 103 cm³/mol. The SMILES string of the molecule is Cl.O=C(N1CCC(c2ccncc2)CC1)N1CCCc2ccccc21. The number of aromatic nitrogens is 1. The summed E-state index contributed by atoms with van der Waals surface area (Å²) in [4.78, 5) is 21.1. The van der Waals surface area contributed by atoms with Crippen molar-refractivity contribution < 1.29 is 4.79 Å². The van der Waals surface area contributed by atoms with Gasteiger partial charge >= 0.3 is 6.03 Å². The highest BCUT2D eigenvalue weighted by Gasteiger charge is 2.29. The molecular formula is C20H24ClN3O. The number of nitrogens with zero attached hydrogens (tertiary/aromatic N) is 3. The lowest BCUT2D eigenvalue weighted by Crippen LogP contribution is -2.48. The van der Waals surface area contributed by atoms with Crippen molar-refractivity contribution in [2.75, 3.05) is 24.5 Å². The van der Waals surface area contributed by atoms with Crippen LogP contribution in [-0.2, 0) is 6.42 Å². The van der Waals surface area contributed by atoms with Gasteiger partial charge in [0.05, 0.1) is 0 Å². The third kappa shape index (κ3) is 3.64. The first-order valence-electron chi connectivity index (χ1n) is 8.87. The Balaban J connectivity index is 0.00000182. The average Bonchev–Trinajstić information content (AvgIpc) is 2.68. The molecule has 1 saturated heterocycles. The largest absolute Gasteiger partial charge is 0.324 e. The molecule has 0 N–H and O–H groups in total. The molecule has 0 atom stereocenters. The number of aryl methyl sites for hydroxylation is 1. The van der Waals surface area contributed by atoms with E-state index in [2.05, 4.69) is 35.3 Å². The molecule has 4 nitrogen and oxygen atoms in total. The van der Waals surface area contributed by atoms with Gasteiger partial charge in [0.25, 0.3) is 0 Å². The summed E-state index contributed by atoms with van der Waals surface area (Å²) < 4.78 is 0. The number of amides is 2. The zero-order valence-electron chi connectivity index (χ0n) is 14.3. The Labute approximate surface area is 155 Å². The normalized spacial score (nSPS) is 17.6. The van der Waals surface area contributed by atoms with Crippen molar-refractivity contribution in [3.63, 3.8) is 0 Å². The average molecular weight is 358 g/mol. The van der Waals surface area contributed by atoms with Crippen molar-refractivity contribution >= 4 is 24.1 Å². The van der Waals surface area contributed by atoms with E-state index in [0.717, 1.165) is 51.0 Å². The van der Waals surface area contributed by atoms with E-state index in [9.17, 15) is 4.79 Å². The van der Waals surface area contributed by atoms with E-state index in [-0.39, 0.29) is 18.4 Å². The molecule has 5 heteroatoms. The van der Waals surface area contributed by atoms with Crippen LogP contribution in [0.15, 0.2) is 48.8 Å². The van der Waals surface area contributed by atoms with Gasteiger partial charge in [-0.25, -0.2) is 4.79 Å². The molecule has 4 rings (SSSR count). The maximum Gasteiger partial charge on any atom is 0.324 e. The quantitative estimate of drug-likeness (QED) is 0.764. The Hall–Kier alpha value is -2.07. The summed E-state index contributed by atoms with van der Waals surface area (Å²) in [5.41, 5.74) is 3.74. The van der Waals surface area contributed by atoms with Crippen molar-refractivity contribution in [2.24, 2.45) is 0 Å². The molecule has 2 aliphatic heterocycles. The van der Waals surface area contributed by atoms with Crippen molar-refractivity contribution in [3.8, 4) is 0 Å². The Morgan fingerprint density at radius 1 is 1.00 bits per heavy atom. The summed E-state index contributed by atoms with van der Waals surface area (Å²) in [5.74, 6) is 0.547. The van der Waals surface area contributed by atoms with Gasteiger partial charge in [0, 0.05) is 37.7 Å². The molecule has 0 aliphatic carbocycles. The van der Waals surface area contributed by atoms with Crippen LogP contribution < -0.4 is 4.90 Å². The summed E-state index contributed by atoms with van der Waals surface area (Å²) in [5, 5.41) is 0. The summed E-state index contributed by atoms with van der Waals surface area (Å²) in [7, 11) is 0. The topological polar surface area (TPSA) is 36.4 Å². The number of fused-ring (bicyclic) bond motifs is 1. The van der Waals surface area contributed by atoms with E-state index in [1.807, 2.05) is 28.3 Å². The fourth-order valence-corrected chi connectivity index (χ4v) is 3.94. The molecule has 2 amide bonds. The van der Waals surface area contributed by atoms with Crippen molar-refractivity contribution in [1.82, 2.24) is 9.88 Å². The molecule has 3 heterocycles. The molecule has 1 aromatic heterocycles. The summed E-state index contributed by atoms with van der Waals surface area (Å²) in [6, 6.07) is 12.7. The van der Waals surface area contributed by atoms with E-state index in [1.165, 1.54) is 11.1 Å². The standard InChI is InChI=1S/C20H23N3O.ClH/c24-20(23-13-3-5-18-4-1-2-6-19(18)23)22-14-9-17(10-15-22)16-7-11-21-12-8-16;/h1-2,4,6-8,11-12,17H,3,5,9-10,13-15H2;1H. The number of hydrogen-bond donors (Lipinski definition) is 0. The van der Waals surface area contributed by atoms with Crippen LogP contribution in [0, 0.1) is 0 Å². The Morgan fingerprint density at radius 2 is 1.72 bits per heavy atom. The van der Waals surface area contributed by atoms with Gasteiger partial charge in [0.1, 0.15) is 0 Å². The van der Waals surface area contributed by atoms with Crippen LogP contribution >= 0.6 is 12.4 Å². The molecular weight excluding hydrogens is 334 g/mol. The fraction of sp³-hybridized carbons (Fsp3) is 0.400. The lowest BCUT2D eigenvalue weighted by Gasteiger charge is -2.38. The number of carbonyl (C=O) groups excluding carboxylic acids is 1. The predicted octanol–water partition coefficient (Wildman–Crippen LogP) is 4.26. The van der Waals surface area contributed by atoms with Crippen LogP contribution in [0.25, 0.3) is 0 Å². The number of urea groups is 1. The van der Waals surface area contributed by atoms with E-state index >= 15 is 0 Å². The van der Waals surface area contributed by atoms with E-state index in [1.54, 1.807) is 0 Å². The molecule has 1 aromatic carbocycles. The van der Waals surface area contributed by atoms with Gasteiger partial charge in [-0.1, -0.05) is 18.2 Å². The van der Waals surface area contributed by atoms with Gasteiger partial charge in [-0.15, -0.1) is 12.4 Å². The molecule has 1 fully saturated rings. The Bertz CT molecular complexity index is 714. The minimum atomic E-state index is 0. The first-order valence-corrected chi connectivity index (χ1v) is 8.87. The highest BCUT2D eigenvalue weighted by Crippen LogP contribution is 2.31. The number of halogens is 1. The Morgan fingerprint density at radius 3 is 2.48 bits per heavy atom. The maximum absolute atomic E-state index is 13.0. The van der Waals surface area contributed by atoms with Crippen LogP contribution in [0.5, 0.6) is 0 Å². The second kappa shape index (κ2) is 7.87. The minimum absolute atomic E-state index is 0. The van der Waals surface area contributed by atoms with Crippen molar-refractivity contribution in [2.45, 2.75) is 31.6 Å². The third-order valence-electron chi connectivity index (χ3n) is 5.28. The zero-order chi connectivity index (χ0) is 16.4. The van der Waals surface area contributed by atoms with Crippen LogP contribution in [0.1, 0.15) is 36.3 Å². The minimum Gasteiger partial charge on any atom is -0.324 e. The van der Waals surface area contributed by atoms with Gasteiger partial charge in [0.15, 0.2) is 0 Å². The monoisotopic (exact) mass is 357 g/mol. The van der Waals surface area contributed by atoms with Crippen molar-refractivity contribution in [3.05, 3.63) is 59.9 Å². The van der Waals surface area contributed by atoms with Crippen molar-refractivity contribution in [1.29, 1.82) is 0 Å². The number of hydrogen-bond acceptors (Lipinski definition) is 2. The first-order chi connectivity index (χ1) is 11.8. The van der Waals surface area contributed by atoms with Gasteiger partial charge in [-0.05, 0) is 60.9 Å². The first kappa shape index (κ1) is 17.7. The number of para-hydroxylation sites is 1. The molecule has 132 valence electrons. The molecule has 0 saturated carbocycles. The molecule has 25 heavy (non-hydrogen) atoms. The smallest absolute Gasteiger partial charge is 0.324 e. The van der Waals surface area contributed by atoms with Gasteiger partial charge in [-0.2, -0.15) is 0 Å². The fourth-order valence-electron chi connectivity index (χ4n) is 3.94. The highest BCUT2D eigenvalue weighted by molar-refractivity contribution is 5.93. The molecule has 0 bridgehead atoms. The van der Waals surface area contributed by atoms with Crippen LogP contribution in [0.2, 0.25) is 0 Å². The van der Waals surface area contributed by atoms with Crippen LogP contribution in [0.3, 0.4) is 0 Å². The zero-order valence-corrected chi connectivity index (χ0v) is 15.1. The summed E-state index contributed by atoms with van der Waals surface area (Å²) in [6.07, 6.45) is 7.91. The lowest BCUT2D eigenvalue weighted by atomic mass is 9.90. The van der Waals surface area contributed by atoms with E-state index in [4.69, 9.17) is 0 Å². The molecule has 0 radical (unpaired) electrons. The number of pyridine rings is 1. The number of likely N-dealkylation sites (tertiary alicyclic amines) is 1.